The van der Waals surface area contributed by atoms with Crippen LogP contribution in [-0.2, 0) is 35.7 Å². The van der Waals surface area contributed by atoms with Crippen LogP contribution in [0, 0.1) is 211 Å². The van der Waals surface area contributed by atoms with E-state index in [0.29, 0.717) is 123 Å². The van der Waals surface area contributed by atoms with Crippen LogP contribution >= 0.6 is 47.1 Å². The standard InChI is InChI=1S/C15H26O3.C15H28.C14H25I.2C14H26O.C14H24O.C13H24O2.C13H20O2.C2H7P.CH3.BrH.Mg.H2P2S/c1-10(9-18-11(2)16)12-6-7-13-14(17)5-4-8-15(12,13)3;1-5-11(2)13-8-9-14-12(3)7-6-10-15(13,14)4;2*1-10-5-4-8-14(3)12(10)6-7-13(14)11(2)9-15;2*1-4-10(2)11-7-8-12-13(15)6-5-9-14(11,12)3;2*1-9(8-14)10-5-6-11-12(15)4-3-7-13(10,11)2;1-3-2;;;;1-2-3/h10,12-14,17H,4-9H2,1-3H3;11-14H,5-10H2,1-4H3;10-13H,4-9H2,1-3H3;2*10-13,15H,4-9H2,1-3H3;10-12H,4-9H2,1-3H3;9-12,14-15H,3-8H2,1-2H3;8-11H,3-7H2,1-2H3;3H,1-2H3;1H3;1H;;1H2/q;;;;;;;;;-1;;+2;/t10-,12?,13?,14?,15-;11-,12?,13?,14?,15-;2*10?,11-,12?,13?,14+;10-,11?,12?,13?,14-;10-,11?,12?,14-;9-,10?,11?,12?,13-;9-,10?,11?,13-;;;;;/m11111111...../s1/i/hT. The third-order valence-electron chi connectivity index (χ3n) is 43.0. The summed E-state index contributed by atoms with van der Waals surface area (Å²) in [5.74, 6) is 20.0. The molecule has 0 amide bonds. The van der Waals surface area contributed by atoms with E-state index in [2.05, 4.69) is 202 Å². The summed E-state index contributed by atoms with van der Waals surface area (Å²) >= 11 is 6.89. The third kappa shape index (κ3) is 29.4. The number of alkyl halides is 1. The van der Waals surface area contributed by atoms with Crippen molar-refractivity contribution in [1.29, 1.82) is 1.28 Å². The Hall–Kier alpha value is 1.64. The van der Waals surface area contributed by atoms with Crippen molar-refractivity contribution in [3.63, 3.8) is 0 Å². The van der Waals surface area contributed by atoms with E-state index >= 15 is 0 Å². The SMILES string of the molecule is CC(=O)OC[C@@H](C)C1CCC2C(O)CCC[C@@]21C.CC1CCC[C@@]2(C)C1CCC2[C@H](C)CI.CC1CCC[C@@]2(C)C1CCC2[C@H](C)CO.CC[C@@H](C)C1CCC2C(=O)CCC[C@@]21C.CC[C@@H](C)C1CCC2C(C)CCC[C@@]21C.CC[C@@H](C)C1CCC2C(O)CCC[C@@]21C.CPC.C[C@H](C=O)C1CCC2C(=O)CCC[C@@]21C.C[C@H](CO)C1CCC2C(O)CCC[C@@]21C.[3H][P+](P)=S.[Br-].[CH3-].[Mg+2]. The monoisotopic (exact) mass is 2110 g/mol. The summed E-state index contributed by atoms with van der Waals surface area (Å²) in [4.78, 5) is 45.6. The van der Waals surface area contributed by atoms with E-state index in [0.717, 1.165) is 194 Å². The number of carbonyl (C=O) groups is 4. The van der Waals surface area contributed by atoms with Crippen molar-refractivity contribution in [1.82, 2.24) is 0 Å². The second-order valence-electron chi connectivity index (χ2n) is 49.9. The molecule has 0 aromatic rings. The molecule has 0 saturated heterocycles. The first-order chi connectivity index (χ1) is 61.2. The number of ether oxygens (including phenoxy) is 1. The van der Waals surface area contributed by atoms with Gasteiger partial charge in [-0.05, 0) is 385 Å². The van der Waals surface area contributed by atoms with Gasteiger partial charge in [-0.3, -0.25) is 14.4 Å². The molecule has 10 nitrogen and oxygen atoms in total. The molecule has 16 aliphatic rings. The first-order valence-corrected chi connectivity index (χ1v) is 62.1. The summed E-state index contributed by atoms with van der Waals surface area (Å²) < 4.78 is 12.9. The number of Topliss-reactive ketones (excluding diaryl/α,β-unsaturated/α-hetero) is 2. The van der Waals surface area contributed by atoms with Gasteiger partial charge in [0.2, 0.25) is 0 Å². The number of fused-ring (bicyclic) bond motifs is 8. The average Bonchev–Trinajstić information content (AvgIpc) is 1.56. The zero-order valence-electron chi connectivity index (χ0n) is 91.3. The van der Waals surface area contributed by atoms with E-state index in [-0.39, 0.29) is 94.4 Å². The Morgan fingerprint density at radius 2 is 0.674 bits per heavy atom. The van der Waals surface area contributed by atoms with Crippen LogP contribution in [-0.4, -0.2) is 130 Å². The minimum Gasteiger partial charge on any atom is -1.00 e. The van der Waals surface area contributed by atoms with Gasteiger partial charge in [0.1, 0.15) is 17.9 Å². The summed E-state index contributed by atoms with van der Waals surface area (Å²) in [6.45, 7) is 58.3. The maximum absolute atomic E-state index is 11.9. The number of aliphatic hydroxyl groups excluding tert-OH is 5. The molecule has 0 bridgehead atoms. The van der Waals surface area contributed by atoms with Crippen molar-refractivity contribution in [3.05, 3.63) is 7.43 Å². The second kappa shape index (κ2) is 57.7. The van der Waals surface area contributed by atoms with Crippen LogP contribution in [0.3, 0.4) is 0 Å². The second-order valence-corrected chi connectivity index (χ2v) is 54.5. The van der Waals surface area contributed by atoms with E-state index in [1.807, 2.05) is 6.92 Å². The van der Waals surface area contributed by atoms with Gasteiger partial charge in [-0.25, -0.2) is 0 Å². The first kappa shape index (κ1) is 124. The van der Waals surface area contributed by atoms with Gasteiger partial charge in [0.05, 0.1) is 33.8 Å². The number of hydrogen-bond acceptors (Lipinski definition) is 11. The molecule has 0 aromatic carbocycles. The summed E-state index contributed by atoms with van der Waals surface area (Å²) in [5, 5.41) is 49.0. The number of aldehydes is 1. The van der Waals surface area contributed by atoms with Crippen molar-refractivity contribution in [2.75, 3.05) is 37.6 Å². The molecular weight excluding hydrogens is 1900 g/mol. The Balaban J connectivity index is 0.000000314. The summed E-state index contributed by atoms with van der Waals surface area (Å²) in [5.41, 5.74) is 3.40. The van der Waals surface area contributed by atoms with Gasteiger partial charge >= 0.3 is 30.3 Å². The molecule has 17 heteroatoms. The van der Waals surface area contributed by atoms with Gasteiger partial charge in [0, 0.05) is 55.2 Å². The number of hydrogen-bond donors (Lipinski definition) is 5. The van der Waals surface area contributed by atoms with Crippen molar-refractivity contribution < 1.29 is 66.4 Å². The molecular formula is C115H212BrIMgO10P3S+. The van der Waals surface area contributed by atoms with Gasteiger partial charge in [0.15, 0.2) is 18.8 Å². The normalized spacial score (nSPS) is 42.8. The molecule has 24 unspecified atom stereocenters. The Kier molecular flexibility index (Phi) is 54.2. The number of carbonyl (C=O) groups excluding carboxylic acids is 4. The molecule has 0 spiro atoms. The molecule has 132 heavy (non-hydrogen) atoms. The first-order valence-electron chi connectivity index (χ1n) is 55.4. The molecule has 16 rings (SSSR count). The van der Waals surface area contributed by atoms with E-state index in [4.69, 9.17) is 6.02 Å². The number of rotatable bonds is 17. The van der Waals surface area contributed by atoms with Crippen LogP contribution in [0.5, 0.6) is 0 Å². The molecule has 0 heterocycles. The Morgan fingerprint density at radius 1 is 0.439 bits per heavy atom. The minimum absolute atomic E-state index is 0. The molecule has 16 saturated carbocycles. The quantitative estimate of drug-likeness (QED) is 0.0178. The number of halogens is 2. The molecule has 0 aliphatic heterocycles. The van der Waals surface area contributed by atoms with Gasteiger partial charge in [-0.15, -0.1) is 8.58 Å². The van der Waals surface area contributed by atoms with E-state index in [1.54, 1.807) is 0 Å². The summed E-state index contributed by atoms with van der Waals surface area (Å²) in [6.07, 6.45) is 55.2. The molecule has 0 aromatic heterocycles. The number of aliphatic hydroxyl groups is 5. The van der Waals surface area contributed by atoms with Crippen molar-refractivity contribution in [2.24, 2.45) is 203 Å². The summed E-state index contributed by atoms with van der Waals surface area (Å²) in [7, 11) is 3.29. The number of ketones is 2. The van der Waals surface area contributed by atoms with Crippen molar-refractivity contribution in [2.45, 2.75) is 454 Å². The zero-order valence-corrected chi connectivity index (χ0v) is 99.3. The van der Waals surface area contributed by atoms with Crippen molar-refractivity contribution in [3.8, 4) is 0 Å². The topological polar surface area (TPSA) is 179 Å². The third-order valence-corrected chi connectivity index (χ3v) is 44.3. The fourth-order valence-corrected chi connectivity index (χ4v) is 36.0. The summed E-state index contributed by atoms with van der Waals surface area (Å²) in [6, 6.07) is 0. The maximum Gasteiger partial charge on any atom is 2.00 e. The molecule has 5 N–H and O–H groups in total. The smallest absolute Gasteiger partial charge is 1.00 e. The zero-order chi connectivity index (χ0) is 97.0. The van der Waals surface area contributed by atoms with Crippen molar-refractivity contribution >= 4 is 106 Å². The predicted octanol–water partition coefficient (Wildman–Crippen LogP) is 27.2. The van der Waals surface area contributed by atoms with E-state index in [9.17, 15) is 44.7 Å². The molecule has 768 valence electrons. The largest absolute Gasteiger partial charge is 2.00 e. The molecule has 16 aliphatic carbocycles. The minimum atomic E-state index is -0.870. The molecule has 40 atom stereocenters. The van der Waals surface area contributed by atoms with Crippen LogP contribution in [0.15, 0.2) is 0 Å². The number of esters is 1. The Labute approximate surface area is 867 Å². The van der Waals surface area contributed by atoms with Gasteiger partial charge in [0.25, 0.3) is 0 Å². The van der Waals surface area contributed by atoms with Crippen LogP contribution in [0.25, 0.3) is 0 Å². The maximum atomic E-state index is 11.9. The van der Waals surface area contributed by atoms with Gasteiger partial charge in [-0.2, -0.15) is 0 Å². The molecule has 16 fully saturated rings. The Morgan fingerprint density at radius 3 is 0.955 bits per heavy atom. The fourth-order valence-electron chi connectivity index (χ4n) is 35.4. The van der Waals surface area contributed by atoms with Gasteiger partial charge < -0.3 is 59.5 Å². The van der Waals surface area contributed by atoms with Gasteiger partial charge in [-0.1, -0.05) is 252 Å². The van der Waals surface area contributed by atoms with Crippen LogP contribution in [0.2, 0.25) is 0 Å². The fraction of sp³-hybridized carbons (Fsp3) is 0.957. The van der Waals surface area contributed by atoms with E-state index < -0.39 is 6.99 Å². The van der Waals surface area contributed by atoms with Crippen LogP contribution in [0.4, 0.5) is 0 Å². The average molecular weight is 2110 g/mol. The van der Waals surface area contributed by atoms with E-state index in [1.165, 1.54) is 198 Å². The van der Waals surface area contributed by atoms with Crippen LogP contribution < -0.4 is 17.0 Å². The molecule has 0 radical (unpaired) electrons. The van der Waals surface area contributed by atoms with Crippen LogP contribution in [0.1, 0.15) is 435 Å². The Bertz CT molecular complexity index is 3130. The predicted molar refractivity (Wildman–Crippen MR) is 579 cm³/mol.